The number of benzene rings is 2. The highest BCUT2D eigenvalue weighted by Crippen LogP contribution is 2.29. The lowest BCUT2D eigenvalue weighted by molar-refractivity contribution is -0.384. The molecular weight excluding hydrogens is 342 g/mol. The lowest BCUT2D eigenvalue weighted by Crippen LogP contribution is -2.15. The fraction of sp³-hybridized carbons (Fsp3) is 0.118. The van der Waals surface area contributed by atoms with Crippen molar-refractivity contribution in [3.05, 3.63) is 80.9 Å². The third kappa shape index (κ3) is 2.68. The van der Waals surface area contributed by atoms with Gasteiger partial charge in [0.15, 0.2) is 0 Å². The Kier molecular flexibility index (Phi) is 3.77. The van der Waals surface area contributed by atoms with Crippen molar-refractivity contribution in [2.45, 2.75) is 6.42 Å². The molecular formula is C17H12ClN5O2. The molecule has 4 rings (SSSR count). The van der Waals surface area contributed by atoms with E-state index in [0.717, 1.165) is 17.1 Å². The first-order chi connectivity index (χ1) is 12.1. The van der Waals surface area contributed by atoms with Crippen LogP contribution in [0, 0.1) is 10.1 Å². The zero-order valence-corrected chi connectivity index (χ0v) is 13.7. The molecule has 0 radical (unpaired) electrons. The highest BCUT2D eigenvalue weighted by molar-refractivity contribution is 6.35. The van der Waals surface area contributed by atoms with E-state index in [1.165, 1.54) is 12.1 Å². The van der Waals surface area contributed by atoms with E-state index in [9.17, 15) is 10.1 Å². The molecule has 2 heterocycles. The molecule has 0 atom stereocenters. The number of rotatable bonds is 2. The van der Waals surface area contributed by atoms with Crippen LogP contribution in [0.1, 0.15) is 17.0 Å². The van der Waals surface area contributed by atoms with Crippen LogP contribution in [0.25, 0.3) is 5.69 Å². The third-order valence-corrected chi connectivity index (χ3v) is 4.39. The van der Waals surface area contributed by atoms with Crippen LogP contribution in [0.4, 0.5) is 5.69 Å². The largest absolute Gasteiger partial charge is 0.285 e. The van der Waals surface area contributed by atoms with Crippen LogP contribution in [0.5, 0.6) is 0 Å². The van der Waals surface area contributed by atoms with E-state index >= 15 is 0 Å². The molecule has 0 saturated heterocycles. The van der Waals surface area contributed by atoms with Gasteiger partial charge in [0.2, 0.25) is 0 Å². The fourth-order valence-corrected chi connectivity index (χ4v) is 3.13. The van der Waals surface area contributed by atoms with Gasteiger partial charge in [-0.15, -0.1) is 10.2 Å². The van der Waals surface area contributed by atoms with Crippen molar-refractivity contribution in [2.75, 3.05) is 6.54 Å². The van der Waals surface area contributed by atoms with Crippen molar-refractivity contribution in [3.63, 3.8) is 0 Å². The molecule has 0 fully saturated rings. The lowest BCUT2D eigenvalue weighted by Gasteiger charge is -2.17. The van der Waals surface area contributed by atoms with E-state index in [2.05, 4.69) is 15.2 Å². The second-order valence-corrected chi connectivity index (χ2v) is 5.94. The summed E-state index contributed by atoms with van der Waals surface area (Å²) in [7, 11) is 0. The topological polar surface area (TPSA) is 86.2 Å². The summed E-state index contributed by atoms with van der Waals surface area (Å²) >= 11 is 6.35. The minimum absolute atomic E-state index is 0.00583. The zero-order chi connectivity index (χ0) is 17.4. The number of hydrogen-bond donors (Lipinski definition) is 0. The van der Waals surface area contributed by atoms with Crippen molar-refractivity contribution in [2.24, 2.45) is 4.99 Å². The predicted molar refractivity (Wildman–Crippen MR) is 93.7 cm³/mol. The standard InChI is InChI=1S/C17H12ClN5O2/c18-14-4-2-1-3-12(14)17-13-9-11(23(24)25)5-6-15(13)22-10-20-21-16(22)7-8-19-17/h1-6,9-10H,7-8H2/b19-17-. The summed E-state index contributed by atoms with van der Waals surface area (Å²) in [5.74, 6) is 0.761. The van der Waals surface area contributed by atoms with Crippen LogP contribution in [0.2, 0.25) is 5.02 Å². The van der Waals surface area contributed by atoms with E-state index in [4.69, 9.17) is 11.6 Å². The first kappa shape index (κ1) is 15.5. The number of nitrogens with zero attached hydrogens (tertiary/aromatic N) is 5. The molecule has 0 aliphatic carbocycles. The Morgan fingerprint density at radius 2 is 2.00 bits per heavy atom. The van der Waals surface area contributed by atoms with Gasteiger partial charge in [0.1, 0.15) is 12.2 Å². The molecule has 3 aromatic rings. The SMILES string of the molecule is O=[N+]([O-])c1ccc2c(c1)/C(c1ccccc1Cl)=N\CCc1nncn1-2. The van der Waals surface area contributed by atoms with E-state index in [1.807, 2.05) is 22.8 Å². The summed E-state index contributed by atoms with van der Waals surface area (Å²) in [6.45, 7) is 0.487. The molecule has 1 aliphatic heterocycles. The maximum atomic E-state index is 11.3. The number of aromatic nitrogens is 3. The van der Waals surface area contributed by atoms with Gasteiger partial charge in [-0.05, 0) is 12.1 Å². The second kappa shape index (κ2) is 6.10. The van der Waals surface area contributed by atoms with Crippen LogP contribution in [-0.4, -0.2) is 31.9 Å². The molecule has 0 unspecified atom stereocenters. The number of non-ortho nitro benzene ring substituents is 1. The average Bonchev–Trinajstić information content (AvgIpc) is 3.05. The van der Waals surface area contributed by atoms with Crippen molar-refractivity contribution in [1.82, 2.24) is 14.8 Å². The van der Waals surface area contributed by atoms with Gasteiger partial charge in [0.25, 0.3) is 5.69 Å². The van der Waals surface area contributed by atoms with Crippen molar-refractivity contribution in [3.8, 4) is 5.69 Å². The molecule has 7 nitrogen and oxygen atoms in total. The summed E-state index contributed by atoms with van der Waals surface area (Å²) in [4.78, 5) is 15.5. The zero-order valence-electron chi connectivity index (χ0n) is 13.0. The van der Waals surface area contributed by atoms with Crippen LogP contribution >= 0.6 is 11.6 Å². The number of nitro benzene ring substituents is 1. The lowest BCUT2D eigenvalue weighted by atomic mass is 9.98. The Balaban J connectivity index is 2.01. The van der Waals surface area contributed by atoms with Crippen molar-refractivity contribution in [1.29, 1.82) is 0 Å². The fourth-order valence-electron chi connectivity index (χ4n) is 2.90. The first-order valence-corrected chi connectivity index (χ1v) is 8.00. The van der Waals surface area contributed by atoms with Crippen molar-refractivity contribution >= 4 is 23.0 Å². The van der Waals surface area contributed by atoms with E-state index < -0.39 is 4.92 Å². The highest BCUT2D eigenvalue weighted by Gasteiger charge is 2.22. The summed E-state index contributed by atoms with van der Waals surface area (Å²) in [5, 5.41) is 19.9. The third-order valence-electron chi connectivity index (χ3n) is 4.06. The number of nitro groups is 1. The molecule has 0 N–H and O–H groups in total. The Morgan fingerprint density at radius 3 is 2.80 bits per heavy atom. The van der Waals surface area contributed by atoms with E-state index in [0.29, 0.717) is 29.3 Å². The highest BCUT2D eigenvalue weighted by atomic mass is 35.5. The van der Waals surface area contributed by atoms with Gasteiger partial charge in [-0.1, -0.05) is 29.8 Å². The monoisotopic (exact) mass is 353 g/mol. The maximum Gasteiger partial charge on any atom is 0.270 e. The van der Waals surface area contributed by atoms with Gasteiger partial charge >= 0.3 is 0 Å². The molecule has 1 aliphatic rings. The molecule has 124 valence electrons. The number of halogens is 1. The Labute approximate surface area is 147 Å². The van der Waals surface area contributed by atoms with Crippen molar-refractivity contribution < 1.29 is 4.92 Å². The molecule has 8 heteroatoms. The smallest absolute Gasteiger partial charge is 0.270 e. The maximum absolute atomic E-state index is 11.3. The summed E-state index contributed by atoms with van der Waals surface area (Å²) in [6.07, 6.45) is 2.22. The number of fused-ring (bicyclic) bond motifs is 3. The molecule has 1 aromatic heterocycles. The summed E-state index contributed by atoms with van der Waals surface area (Å²) in [6, 6.07) is 12.0. The van der Waals surface area contributed by atoms with E-state index in [1.54, 1.807) is 18.5 Å². The molecule has 0 spiro atoms. The Hall–Kier alpha value is -3.06. The molecule has 0 amide bonds. The quantitative estimate of drug-likeness (QED) is 0.523. The van der Waals surface area contributed by atoms with Gasteiger partial charge in [-0.3, -0.25) is 19.7 Å². The van der Waals surface area contributed by atoms with E-state index in [-0.39, 0.29) is 5.69 Å². The summed E-state index contributed by atoms with van der Waals surface area (Å²) in [5.41, 5.74) is 2.73. The minimum Gasteiger partial charge on any atom is -0.285 e. The second-order valence-electron chi connectivity index (χ2n) is 5.54. The Bertz CT molecular complexity index is 1010. The van der Waals surface area contributed by atoms with Crippen LogP contribution < -0.4 is 0 Å². The molecule has 0 bridgehead atoms. The van der Waals surface area contributed by atoms with Gasteiger partial charge in [0.05, 0.1) is 16.3 Å². The molecule has 2 aromatic carbocycles. The average molecular weight is 354 g/mol. The van der Waals surface area contributed by atoms with Crippen LogP contribution in [0.3, 0.4) is 0 Å². The normalized spacial score (nSPS) is 15.3. The van der Waals surface area contributed by atoms with Crippen LogP contribution in [-0.2, 0) is 6.42 Å². The number of hydrogen-bond acceptors (Lipinski definition) is 5. The van der Waals surface area contributed by atoms with Gasteiger partial charge in [-0.2, -0.15) is 0 Å². The summed E-state index contributed by atoms with van der Waals surface area (Å²) < 4.78 is 1.84. The number of aliphatic imine (C=N–C) groups is 1. The van der Waals surface area contributed by atoms with Gasteiger partial charge < -0.3 is 0 Å². The van der Waals surface area contributed by atoms with Gasteiger partial charge in [0, 0.05) is 41.2 Å². The Morgan fingerprint density at radius 1 is 1.16 bits per heavy atom. The van der Waals surface area contributed by atoms with Gasteiger partial charge in [-0.25, -0.2) is 0 Å². The molecule has 0 saturated carbocycles. The first-order valence-electron chi connectivity index (χ1n) is 7.62. The van der Waals surface area contributed by atoms with Crippen LogP contribution in [0.15, 0.2) is 53.8 Å². The predicted octanol–water partition coefficient (Wildman–Crippen LogP) is 3.22. The molecule has 25 heavy (non-hydrogen) atoms. The minimum atomic E-state index is -0.420.